The van der Waals surface area contributed by atoms with Gasteiger partial charge in [0, 0.05) is 32.6 Å². The Bertz CT molecular complexity index is 229. The lowest BCUT2D eigenvalue weighted by molar-refractivity contribution is 0.202. The van der Waals surface area contributed by atoms with E-state index in [4.69, 9.17) is 0 Å². The standard InChI is InChI=1S/C12H26N4/c1-13-11(14-2)15-9-12(10-16(3)4)7-5-6-8-12/h5-10H2,1-4H3,(H2,13,14,15). The Morgan fingerprint density at radius 3 is 2.38 bits per heavy atom. The summed E-state index contributed by atoms with van der Waals surface area (Å²) in [6.45, 7) is 2.19. The van der Waals surface area contributed by atoms with Crippen molar-refractivity contribution in [3.63, 3.8) is 0 Å². The average molecular weight is 226 g/mol. The molecule has 1 fully saturated rings. The van der Waals surface area contributed by atoms with Gasteiger partial charge in [0.25, 0.3) is 0 Å². The first-order valence-corrected chi connectivity index (χ1v) is 6.15. The first kappa shape index (κ1) is 13.3. The lowest BCUT2D eigenvalue weighted by Gasteiger charge is -2.32. The van der Waals surface area contributed by atoms with E-state index in [-0.39, 0.29) is 0 Å². The van der Waals surface area contributed by atoms with Crippen molar-refractivity contribution < 1.29 is 0 Å². The van der Waals surface area contributed by atoms with Gasteiger partial charge in [-0.05, 0) is 26.9 Å². The first-order chi connectivity index (χ1) is 7.62. The lowest BCUT2D eigenvalue weighted by atomic mass is 9.85. The molecular weight excluding hydrogens is 200 g/mol. The summed E-state index contributed by atoms with van der Waals surface area (Å²) in [5, 5.41) is 6.49. The van der Waals surface area contributed by atoms with Gasteiger partial charge in [0.15, 0.2) is 5.96 Å². The second kappa shape index (κ2) is 6.09. The largest absolute Gasteiger partial charge is 0.359 e. The van der Waals surface area contributed by atoms with Crippen LogP contribution in [0.1, 0.15) is 25.7 Å². The molecule has 0 spiro atoms. The van der Waals surface area contributed by atoms with Crippen molar-refractivity contribution in [3.05, 3.63) is 0 Å². The summed E-state index contributed by atoms with van der Waals surface area (Å²) in [4.78, 5) is 6.46. The third-order valence-electron chi connectivity index (χ3n) is 3.41. The predicted molar refractivity (Wildman–Crippen MR) is 69.9 cm³/mol. The molecule has 0 atom stereocenters. The Kier molecular flexibility index (Phi) is 5.06. The van der Waals surface area contributed by atoms with Crippen molar-refractivity contribution in [1.82, 2.24) is 15.5 Å². The van der Waals surface area contributed by atoms with Gasteiger partial charge < -0.3 is 15.5 Å². The molecule has 0 heterocycles. The highest BCUT2D eigenvalue weighted by molar-refractivity contribution is 5.79. The minimum atomic E-state index is 0.441. The van der Waals surface area contributed by atoms with Crippen molar-refractivity contribution in [2.24, 2.45) is 10.4 Å². The Morgan fingerprint density at radius 1 is 1.31 bits per heavy atom. The Labute approximate surface area is 99.5 Å². The molecule has 1 aliphatic rings. The monoisotopic (exact) mass is 226 g/mol. The smallest absolute Gasteiger partial charge is 0.190 e. The van der Waals surface area contributed by atoms with Crippen LogP contribution in [0.25, 0.3) is 0 Å². The van der Waals surface area contributed by atoms with Crippen molar-refractivity contribution in [2.75, 3.05) is 41.3 Å². The zero-order chi connectivity index (χ0) is 12.0. The highest BCUT2D eigenvalue weighted by atomic mass is 15.2. The van der Waals surface area contributed by atoms with Gasteiger partial charge in [0.1, 0.15) is 0 Å². The molecule has 0 aliphatic heterocycles. The van der Waals surface area contributed by atoms with E-state index in [1.165, 1.54) is 32.2 Å². The summed E-state index contributed by atoms with van der Waals surface area (Å²) in [6.07, 6.45) is 5.40. The molecule has 2 N–H and O–H groups in total. The van der Waals surface area contributed by atoms with Crippen LogP contribution in [-0.4, -0.2) is 52.1 Å². The molecule has 94 valence electrons. The third kappa shape index (κ3) is 3.67. The molecule has 0 amide bonds. The van der Waals surface area contributed by atoms with E-state index in [1.54, 1.807) is 0 Å². The van der Waals surface area contributed by atoms with E-state index in [2.05, 4.69) is 34.6 Å². The molecule has 0 aromatic carbocycles. The van der Waals surface area contributed by atoms with E-state index < -0.39 is 0 Å². The Balaban J connectivity index is 2.51. The molecule has 0 unspecified atom stereocenters. The van der Waals surface area contributed by atoms with E-state index in [0.717, 1.165) is 12.5 Å². The average Bonchev–Trinajstić information content (AvgIpc) is 2.67. The summed E-state index contributed by atoms with van der Waals surface area (Å²) in [6, 6.07) is 0. The van der Waals surface area contributed by atoms with E-state index in [0.29, 0.717) is 5.41 Å². The Morgan fingerprint density at radius 2 is 1.94 bits per heavy atom. The number of rotatable bonds is 4. The quantitative estimate of drug-likeness (QED) is 0.553. The van der Waals surface area contributed by atoms with E-state index in [9.17, 15) is 0 Å². The summed E-state index contributed by atoms with van der Waals surface area (Å²) in [5.74, 6) is 0.894. The minimum Gasteiger partial charge on any atom is -0.359 e. The molecule has 1 rings (SSSR count). The second-order valence-electron chi connectivity index (χ2n) is 5.12. The number of hydrogen-bond donors (Lipinski definition) is 2. The lowest BCUT2D eigenvalue weighted by Crippen LogP contribution is -2.45. The Hall–Kier alpha value is -0.770. The zero-order valence-electron chi connectivity index (χ0n) is 11.1. The van der Waals surface area contributed by atoms with Crippen molar-refractivity contribution in [2.45, 2.75) is 25.7 Å². The van der Waals surface area contributed by atoms with Gasteiger partial charge in [-0.15, -0.1) is 0 Å². The summed E-state index contributed by atoms with van der Waals surface area (Å²) in [7, 11) is 8.04. The second-order valence-corrected chi connectivity index (χ2v) is 5.12. The third-order valence-corrected chi connectivity index (χ3v) is 3.41. The normalized spacial score (nSPS) is 20.2. The molecule has 4 heteroatoms. The number of hydrogen-bond acceptors (Lipinski definition) is 2. The fourth-order valence-electron chi connectivity index (χ4n) is 2.74. The SMILES string of the molecule is CN=C(NC)NCC1(CN(C)C)CCCC1. The summed E-state index contributed by atoms with van der Waals surface area (Å²) >= 11 is 0. The van der Waals surface area contributed by atoms with Crippen LogP contribution in [0.2, 0.25) is 0 Å². The van der Waals surface area contributed by atoms with Crippen molar-refractivity contribution in [3.8, 4) is 0 Å². The van der Waals surface area contributed by atoms with Crippen molar-refractivity contribution in [1.29, 1.82) is 0 Å². The summed E-state index contributed by atoms with van der Waals surface area (Å²) in [5.41, 5.74) is 0.441. The van der Waals surface area contributed by atoms with Crippen LogP contribution in [-0.2, 0) is 0 Å². The number of guanidine groups is 1. The van der Waals surface area contributed by atoms with Gasteiger partial charge in [0.05, 0.1) is 0 Å². The maximum atomic E-state index is 4.16. The van der Waals surface area contributed by atoms with Gasteiger partial charge >= 0.3 is 0 Å². The maximum Gasteiger partial charge on any atom is 0.190 e. The fraction of sp³-hybridized carbons (Fsp3) is 0.917. The minimum absolute atomic E-state index is 0.441. The van der Waals surface area contributed by atoms with Gasteiger partial charge in [-0.2, -0.15) is 0 Å². The number of aliphatic imine (C=N–C) groups is 1. The van der Waals surface area contributed by atoms with Gasteiger partial charge in [0.2, 0.25) is 0 Å². The highest BCUT2D eigenvalue weighted by Gasteiger charge is 2.34. The van der Waals surface area contributed by atoms with Crippen LogP contribution in [0.4, 0.5) is 0 Å². The van der Waals surface area contributed by atoms with Gasteiger partial charge in [-0.1, -0.05) is 12.8 Å². The summed E-state index contributed by atoms with van der Waals surface area (Å²) < 4.78 is 0. The molecule has 0 saturated heterocycles. The molecule has 0 radical (unpaired) electrons. The first-order valence-electron chi connectivity index (χ1n) is 6.15. The molecular formula is C12H26N4. The molecule has 4 nitrogen and oxygen atoms in total. The molecule has 0 aromatic rings. The topological polar surface area (TPSA) is 39.7 Å². The van der Waals surface area contributed by atoms with Crippen LogP contribution in [0.3, 0.4) is 0 Å². The molecule has 1 saturated carbocycles. The number of nitrogens with zero attached hydrogens (tertiary/aromatic N) is 2. The molecule has 0 aromatic heterocycles. The van der Waals surface area contributed by atoms with Gasteiger partial charge in [-0.25, -0.2) is 0 Å². The van der Waals surface area contributed by atoms with E-state index >= 15 is 0 Å². The fourth-order valence-corrected chi connectivity index (χ4v) is 2.74. The molecule has 16 heavy (non-hydrogen) atoms. The highest BCUT2D eigenvalue weighted by Crippen LogP contribution is 2.37. The molecule has 0 bridgehead atoms. The maximum absolute atomic E-state index is 4.16. The van der Waals surface area contributed by atoms with Crippen molar-refractivity contribution >= 4 is 5.96 Å². The molecule has 1 aliphatic carbocycles. The number of nitrogens with one attached hydrogen (secondary N) is 2. The van der Waals surface area contributed by atoms with Crippen LogP contribution in [0.5, 0.6) is 0 Å². The van der Waals surface area contributed by atoms with Crippen LogP contribution in [0, 0.1) is 5.41 Å². The van der Waals surface area contributed by atoms with Crippen LogP contribution < -0.4 is 10.6 Å². The zero-order valence-corrected chi connectivity index (χ0v) is 11.1. The van der Waals surface area contributed by atoms with Crippen LogP contribution >= 0.6 is 0 Å². The van der Waals surface area contributed by atoms with E-state index in [1.807, 2.05) is 14.1 Å². The van der Waals surface area contributed by atoms with Crippen LogP contribution in [0.15, 0.2) is 4.99 Å². The van der Waals surface area contributed by atoms with Gasteiger partial charge in [-0.3, -0.25) is 4.99 Å². The predicted octanol–water partition coefficient (Wildman–Crippen LogP) is 0.903.